The van der Waals surface area contributed by atoms with Gasteiger partial charge in [0.05, 0.1) is 6.61 Å². The number of carbonyl (C=O) groups excluding carboxylic acids is 1. The fraction of sp³-hybridized carbons (Fsp3) is 0.889. The molecule has 1 fully saturated rings. The molecule has 1 saturated heterocycles. The SMILES string of the molecule is O=C(OCCO)N1CCC(O)(C(F)(F)F)CC1. The van der Waals surface area contributed by atoms with Crippen molar-refractivity contribution in [3.8, 4) is 0 Å². The average molecular weight is 257 g/mol. The molecule has 100 valence electrons. The van der Waals surface area contributed by atoms with E-state index in [9.17, 15) is 23.1 Å². The van der Waals surface area contributed by atoms with Gasteiger partial charge in [0.1, 0.15) is 6.61 Å². The van der Waals surface area contributed by atoms with Crippen LogP contribution in [0.4, 0.5) is 18.0 Å². The van der Waals surface area contributed by atoms with Crippen LogP contribution in [0.2, 0.25) is 0 Å². The summed E-state index contributed by atoms with van der Waals surface area (Å²) in [6.45, 7) is -0.981. The van der Waals surface area contributed by atoms with Crippen molar-refractivity contribution in [3.05, 3.63) is 0 Å². The fourth-order valence-corrected chi connectivity index (χ4v) is 1.57. The number of hydrogen-bond donors (Lipinski definition) is 2. The molecule has 8 heteroatoms. The van der Waals surface area contributed by atoms with Gasteiger partial charge in [0, 0.05) is 25.9 Å². The minimum Gasteiger partial charge on any atom is -0.447 e. The normalized spacial score (nSPS) is 20.2. The molecule has 0 saturated carbocycles. The maximum Gasteiger partial charge on any atom is 0.417 e. The minimum atomic E-state index is -4.69. The number of aliphatic hydroxyl groups is 2. The molecule has 0 aliphatic carbocycles. The predicted octanol–water partition coefficient (Wildman–Crippen LogP) is 0.505. The number of halogens is 3. The lowest BCUT2D eigenvalue weighted by Crippen LogP contribution is -2.54. The Bertz CT molecular complexity index is 274. The highest BCUT2D eigenvalue weighted by Gasteiger charge is 2.55. The molecule has 0 aromatic heterocycles. The summed E-state index contributed by atoms with van der Waals surface area (Å²) in [5.74, 6) is 0. The van der Waals surface area contributed by atoms with Gasteiger partial charge in [-0.2, -0.15) is 13.2 Å². The second kappa shape index (κ2) is 5.09. The zero-order valence-electron chi connectivity index (χ0n) is 9.03. The molecule has 0 radical (unpaired) electrons. The Morgan fingerprint density at radius 3 is 2.29 bits per heavy atom. The molecule has 1 heterocycles. The van der Waals surface area contributed by atoms with E-state index in [-0.39, 0.29) is 26.3 Å². The number of alkyl halides is 3. The van der Waals surface area contributed by atoms with E-state index in [0.717, 1.165) is 4.90 Å². The highest BCUT2D eigenvalue weighted by molar-refractivity contribution is 5.67. The fourth-order valence-electron chi connectivity index (χ4n) is 1.57. The van der Waals surface area contributed by atoms with E-state index < -0.39 is 30.7 Å². The lowest BCUT2D eigenvalue weighted by molar-refractivity contribution is -0.271. The number of hydrogen-bond acceptors (Lipinski definition) is 4. The summed E-state index contributed by atoms with van der Waals surface area (Å²) in [6, 6.07) is 0. The monoisotopic (exact) mass is 257 g/mol. The molecule has 0 aromatic rings. The molecule has 0 atom stereocenters. The molecule has 1 aliphatic heterocycles. The van der Waals surface area contributed by atoms with Crippen LogP contribution in [0.5, 0.6) is 0 Å². The van der Waals surface area contributed by atoms with Gasteiger partial charge in [-0.1, -0.05) is 0 Å². The second-order valence-corrected chi connectivity index (χ2v) is 3.85. The highest BCUT2D eigenvalue weighted by atomic mass is 19.4. The van der Waals surface area contributed by atoms with Crippen LogP contribution in [0.25, 0.3) is 0 Å². The summed E-state index contributed by atoms with van der Waals surface area (Å²) in [5, 5.41) is 17.8. The van der Waals surface area contributed by atoms with E-state index in [4.69, 9.17) is 5.11 Å². The first kappa shape index (κ1) is 14.0. The van der Waals surface area contributed by atoms with E-state index in [0.29, 0.717) is 0 Å². The predicted molar refractivity (Wildman–Crippen MR) is 50.2 cm³/mol. The van der Waals surface area contributed by atoms with Crippen molar-refractivity contribution in [1.29, 1.82) is 0 Å². The van der Waals surface area contributed by atoms with Gasteiger partial charge in [-0.05, 0) is 0 Å². The maximum absolute atomic E-state index is 12.4. The van der Waals surface area contributed by atoms with Crippen molar-refractivity contribution in [3.63, 3.8) is 0 Å². The van der Waals surface area contributed by atoms with Gasteiger partial charge in [-0.3, -0.25) is 0 Å². The van der Waals surface area contributed by atoms with Crippen LogP contribution in [0, 0.1) is 0 Å². The van der Waals surface area contributed by atoms with Gasteiger partial charge in [-0.15, -0.1) is 0 Å². The average Bonchev–Trinajstić information content (AvgIpc) is 2.25. The van der Waals surface area contributed by atoms with E-state index in [1.807, 2.05) is 0 Å². The minimum absolute atomic E-state index is 0.196. The zero-order chi connectivity index (χ0) is 13.1. The molecule has 2 N–H and O–H groups in total. The number of piperidine rings is 1. The van der Waals surface area contributed by atoms with Crippen molar-refractivity contribution < 1.29 is 32.9 Å². The summed E-state index contributed by atoms with van der Waals surface area (Å²) in [5.41, 5.74) is -2.72. The molecule has 17 heavy (non-hydrogen) atoms. The Morgan fingerprint density at radius 1 is 1.35 bits per heavy atom. The molecule has 5 nitrogen and oxygen atoms in total. The highest BCUT2D eigenvalue weighted by Crippen LogP contribution is 2.38. The Morgan fingerprint density at radius 2 is 1.88 bits per heavy atom. The van der Waals surface area contributed by atoms with Crippen LogP contribution in [-0.2, 0) is 4.74 Å². The second-order valence-electron chi connectivity index (χ2n) is 3.85. The topological polar surface area (TPSA) is 70.0 Å². The number of likely N-dealkylation sites (tertiary alicyclic amines) is 1. The first-order valence-corrected chi connectivity index (χ1v) is 5.12. The number of aliphatic hydroxyl groups excluding tert-OH is 1. The third-order valence-electron chi connectivity index (χ3n) is 2.69. The van der Waals surface area contributed by atoms with Crippen LogP contribution in [0.15, 0.2) is 0 Å². The van der Waals surface area contributed by atoms with Gasteiger partial charge in [0.15, 0.2) is 5.60 Å². The van der Waals surface area contributed by atoms with Gasteiger partial charge in [0.2, 0.25) is 0 Å². The number of carbonyl (C=O) groups is 1. The molecular formula is C9H14F3NO4. The number of amides is 1. The van der Waals surface area contributed by atoms with E-state index >= 15 is 0 Å². The third kappa shape index (κ3) is 3.22. The van der Waals surface area contributed by atoms with Crippen molar-refractivity contribution in [2.45, 2.75) is 24.6 Å². The largest absolute Gasteiger partial charge is 0.447 e. The Hall–Kier alpha value is -1.02. The molecule has 1 aliphatic rings. The van der Waals surface area contributed by atoms with Gasteiger partial charge < -0.3 is 19.8 Å². The number of ether oxygens (including phenoxy) is 1. The maximum atomic E-state index is 12.4. The molecular weight excluding hydrogens is 243 g/mol. The van der Waals surface area contributed by atoms with Crippen LogP contribution < -0.4 is 0 Å². The van der Waals surface area contributed by atoms with Crippen LogP contribution in [0.1, 0.15) is 12.8 Å². The van der Waals surface area contributed by atoms with Crippen molar-refractivity contribution in [2.75, 3.05) is 26.3 Å². The van der Waals surface area contributed by atoms with E-state index in [1.165, 1.54) is 0 Å². The standard InChI is InChI=1S/C9H14F3NO4/c10-9(11,12)8(16)1-3-13(4-2-8)7(15)17-6-5-14/h14,16H,1-6H2. The molecule has 0 aromatic carbocycles. The Balaban J connectivity index is 2.48. The van der Waals surface area contributed by atoms with E-state index in [2.05, 4.69) is 4.74 Å². The van der Waals surface area contributed by atoms with E-state index in [1.54, 1.807) is 0 Å². The summed E-state index contributed by atoms with van der Waals surface area (Å²) in [4.78, 5) is 12.3. The van der Waals surface area contributed by atoms with Crippen LogP contribution in [-0.4, -0.2) is 59.3 Å². The van der Waals surface area contributed by atoms with Crippen molar-refractivity contribution >= 4 is 6.09 Å². The molecule has 0 unspecified atom stereocenters. The first-order chi connectivity index (χ1) is 7.80. The number of rotatable bonds is 2. The number of nitrogens with zero attached hydrogens (tertiary/aromatic N) is 1. The first-order valence-electron chi connectivity index (χ1n) is 5.12. The summed E-state index contributed by atoms with van der Waals surface area (Å²) in [6.07, 6.45) is -6.59. The third-order valence-corrected chi connectivity index (χ3v) is 2.69. The van der Waals surface area contributed by atoms with Crippen molar-refractivity contribution in [2.24, 2.45) is 0 Å². The molecule has 1 rings (SSSR count). The smallest absolute Gasteiger partial charge is 0.417 e. The van der Waals surface area contributed by atoms with Gasteiger partial charge in [-0.25, -0.2) is 4.79 Å². The summed E-state index contributed by atoms with van der Waals surface area (Å²) >= 11 is 0. The Labute approximate surface area is 95.8 Å². The van der Waals surface area contributed by atoms with Crippen molar-refractivity contribution in [1.82, 2.24) is 4.90 Å². The van der Waals surface area contributed by atoms with Crippen LogP contribution >= 0.6 is 0 Å². The quantitative estimate of drug-likeness (QED) is 0.756. The van der Waals surface area contributed by atoms with Crippen LogP contribution in [0.3, 0.4) is 0 Å². The van der Waals surface area contributed by atoms with Gasteiger partial charge in [0.25, 0.3) is 0 Å². The lowest BCUT2D eigenvalue weighted by atomic mass is 9.91. The molecule has 0 bridgehead atoms. The summed E-state index contributed by atoms with van der Waals surface area (Å²) < 4.78 is 41.9. The lowest BCUT2D eigenvalue weighted by Gasteiger charge is -2.38. The zero-order valence-corrected chi connectivity index (χ0v) is 9.03. The molecule has 1 amide bonds. The Kier molecular flexibility index (Phi) is 4.21. The molecule has 0 spiro atoms. The summed E-state index contributed by atoms with van der Waals surface area (Å²) in [7, 11) is 0. The van der Waals surface area contributed by atoms with Gasteiger partial charge >= 0.3 is 12.3 Å².